The zero-order valence-corrected chi connectivity index (χ0v) is 9.70. The van der Waals surface area contributed by atoms with Gasteiger partial charge in [0.15, 0.2) is 5.78 Å². The van der Waals surface area contributed by atoms with Crippen molar-refractivity contribution < 1.29 is 4.79 Å². The number of Topliss-reactive ketones (excluding diaryl/α,β-unsaturated/α-hetero) is 1. The van der Waals surface area contributed by atoms with E-state index in [1.165, 1.54) is 0 Å². The Hall–Kier alpha value is -0.470. The van der Waals surface area contributed by atoms with Crippen molar-refractivity contribution in [2.24, 2.45) is 0 Å². The SMILES string of the molecule is CSc1cccc(C(=O)CCCCl)c1. The third-order valence-corrected chi connectivity index (χ3v) is 2.92. The van der Waals surface area contributed by atoms with E-state index < -0.39 is 0 Å². The molecule has 3 heteroatoms. The molecule has 0 fully saturated rings. The minimum atomic E-state index is 0.182. The van der Waals surface area contributed by atoms with E-state index >= 15 is 0 Å². The lowest BCUT2D eigenvalue weighted by molar-refractivity contribution is 0.0981. The lowest BCUT2D eigenvalue weighted by Gasteiger charge is -2.01. The molecule has 0 bridgehead atoms. The van der Waals surface area contributed by atoms with Gasteiger partial charge in [0.2, 0.25) is 0 Å². The molecule has 0 saturated carbocycles. The van der Waals surface area contributed by atoms with Crippen molar-refractivity contribution in [3.8, 4) is 0 Å². The summed E-state index contributed by atoms with van der Waals surface area (Å²) in [5.74, 6) is 0.732. The van der Waals surface area contributed by atoms with Crippen LogP contribution in [0.25, 0.3) is 0 Å². The van der Waals surface area contributed by atoms with Crippen molar-refractivity contribution in [3.63, 3.8) is 0 Å². The number of hydrogen-bond donors (Lipinski definition) is 0. The second-order valence-electron chi connectivity index (χ2n) is 2.95. The lowest BCUT2D eigenvalue weighted by atomic mass is 10.1. The first kappa shape index (κ1) is 11.6. The Morgan fingerprint density at radius 1 is 1.50 bits per heavy atom. The minimum absolute atomic E-state index is 0.182. The zero-order chi connectivity index (χ0) is 10.4. The van der Waals surface area contributed by atoms with Crippen LogP contribution in [0.5, 0.6) is 0 Å². The number of thioether (sulfide) groups is 1. The Balaban J connectivity index is 2.69. The summed E-state index contributed by atoms with van der Waals surface area (Å²) in [7, 11) is 0. The molecule has 0 saturated heterocycles. The Kier molecular flexibility index (Phi) is 5.05. The molecule has 1 rings (SSSR count). The Bertz CT molecular complexity index is 312. The van der Waals surface area contributed by atoms with Gasteiger partial charge in [-0.3, -0.25) is 4.79 Å². The van der Waals surface area contributed by atoms with Gasteiger partial charge in [-0.15, -0.1) is 23.4 Å². The van der Waals surface area contributed by atoms with Crippen LogP contribution in [0.15, 0.2) is 29.2 Å². The van der Waals surface area contributed by atoms with E-state index in [-0.39, 0.29) is 5.78 Å². The van der Waals surface area contributed by atoms with Gasteiger partial charge in [-0.25, -0.2) is 0 Å². The zero-order valence-electron chi connectivity index (χ0n) is 8.13. The van der Waals surface area contributed by atoms with Gasteiger partial charge in [0, 0.05) is 22.8 Å². The molecule has 0 N–H and O–H groups in total. The van der Waals surface area contributed by atoms with E-state index in [4.69, 9.17) is 11.6 Å². The number of hydrogen-bond acceptors (Lipinski definition) is 2. The topological polar surface area (TPSA) is 17.1 Å². The molecule has 0 aliphatic heterocycles. The second-order valence-corrected chi connectivity index (χ2v) is 4.21. The van der Waals surface area contributed by atoms with Crippen molar-refractivity contribution >= 4 is 29.1 Å². The third kappa shape index (κ3) is 3.35. The minimum Gasteiger partial charge on any atom is -0.294 e. The number of halogens is 1. The van der Waals surface area contributed by atoms with E-state index in [0.717, 1.165) is 16.9 Å². The Morgan fingerprint density at radius 2 is 2.29 bits per heavy atom. The molecular weight excluding hydrogens is 216 g/mol. The fourth-order valence-corrected chi connectivity index (χ4v) is 1.76. The highest BCUT2D eigenvalue weighted by molar-refractivity contribution is 7.98. The first-order chi connectivity index (χ1) is 6.77. The van der Waals surface area contributed by atoms with E-state index in [1.54, 1.807) is 11.8 Å². The summed E-state index contributed by atoms with van der Waals surface area (Å²) >= 11 is 7.18. The van der Waals surface area contributed by atoms with E-state index in [9.17, 15) is 4.79 Å². The van der Waals surface area contributed by atoms with Crippen molar-refractivity contribution in [3.05, 3.63) is 29.8 Å². The molecule has 0 aliphatic carbocycles. The normalized spacial score (nSPS) is 10.1. The van der Waals surface area contributed by atoms with Gasteiger partial charge in [0.25, 0.3) is 0 Å². The van der Waals surface area contributed by atoms with Crippen molar-refractivity contribution in [2.75, 3.05) is 12.1 Å². The third-order valence-electron chi connectivity index (χ3n) is 1.93. The van der Waals surface area contributed by atoms with Crippen LogP contribution in [0.1, 0.15) is 23.2 Å². The van der Waals surface area contributed by atoms with Gasteiger partial charge >= 0.3 is 0 Å². The molecule has 0 spiro atoms. The van der Waals surface area contributed by atoms with E-state index in [2.05, 4.69) is 0 Å². The van der Waals surface area contributed by atoms with Gasteiger partial charge in [-0.1, -0.05) is 12.1 Å². The molecule has 0 heterocycles. The molecular formula is C11H13ClOS. The predicted molar refractivity (Wildman–Crippen MR) is 62.5 cm³/mol. The maximum absolute atomic E-state index is 11.6. The molecule has 0 amide bonds. The number of carbonyl (C=O) groups is 1. The van der Waals surface area contributed by atoms with E-state index in [1.807, 2.05) is 30.5 Å². The quantitative estimate of drug-likeness (QED) is 0.435. The predicted octanol–water partition coefficient (Wildman–Crippen LogP) is 3.61. The first-order valence-electron chi connectivity index (χ1n) is 4.51. The fraction of sp³-hybridized carbons (Fsp3) is 0.364. The summed E-state index contributed by atoms with van der Waals surface area (Å²) in [6.45, 7) is 0. The van der Waals surface area contributed by atoms with Crippen molar-refractivity contribution in [1.29, 1.82) is 0 Å². The van der Waals surface area contributed by atoms with Crippen LogP contribution in [-0.2, 0) is 0 Å². The molecule has 0 radical (unpaired) electrons. The van der Waals surface area contributed by atoms with Gasteiger partial charge in [-0.2, -0.15) is 0 Å². The summed E-state index contributed by atoms with van der Waals surface area (Å²) in [6.07, 6.45) is 3.30. The Labute approximate surface area is 93.8 Å². The van der Waals surface area contributed by atoms with Crippen molar-refractivity contribution in [1.82, 2.24) is 0 Å². The lowest BCUT2D eigenvalue weighted by Crippen LogP contribution is -1.99. The van der Waals surface area contributed by atoms with E-state index in [0.29, 0.717) is 12.3 Å². The highest BCUT2D eigenvalue weighted by Gasteiger charge is 2.05. The number of alkyl halides is 1. The molecule has 0 aromatic heterocycles. The van der Waals surface area contributed by atoms with Gasteiger partial charge in [0.1, 0.15) is 0 Å². The van der Waals surface area contributed by atoms with Crippen LogP contribution in [0.3, 0.4) is 0 Å². The average Bonchev–Trinajstić information content (AvgIpc) is 2.26. The maximum Gasteiger partial charge on any atom is 0.162 e. The van der Waals surface area contributed by atoms with Crippen LogP contribution in [0.4, 0.5) is 0 Å². The monoisotopic (exact) mass is 228 g/mol. The molecule has 0 atom stereocenters. The maximum atomic E-state index is 11.6. The Morgan fingerprint density at radius 3 is 2.93 bits per heavy atom. The highest BCUT2D eigenvalue weighted by atomic mass is 35.5. The van der Waals surface area contributed by atoms with Crippen LogP contribution in [0, 0.1) is 0 Å². The highest BCUT2D eigenvalue weighted by Crippen LogP contribution is 2.17. The number of carbonyl (C=O) groups excluding carboxylic acids is 1. The largest absolute Gasteiger partial charge is 0.294 e. The van der Waals surface area contributed by atoms with Gasteiger partial charge < -0.3 is 0 Å². The molecule has 14 heavy (non-hydrogen) atoms. The molecule has 1 nitrogen and oxygen atoms in total. The van der Waals surface area contributed by atoms with Crippen molar-refractivity contribution in [2.45, 2.75) is 17.7 Å². The first-order valence-corrected chi connectivity index (χ1v) is 6.27. The molecule has 1 aromatic rings. The van der Waals surface area contributed by atoms with Gasteiger partial charge in [0.05, 0.1) is 0 Å². The summed E-state index contributed by atoms with van der Waals surface area (Å²) in [5.41, 5.74) is 0.793. The molecule has 0 unspecified atom stereocenters. The molecule has 1 aromatic carbocycles. The van der Waals surface area contributed by atoms with Crippen LogP contribution in [0.2, 0.25) is 0 Å². The summed E-state index contributed by atoms with van der Waals surface area (Å²) in [6, 6.07) is 7.71. The second kappa shape index (κ2) is 6.10. The van der Waals surface area contributed by atoms with Crippen LogP contribution >= 0.6 is 23.4 Å². The number of benzene rings is 1. The van der Waals surface area contributed by atoms with Crippen LogP contribution < -0.4 is 0 Å². The van der Waals surface area contributed by atoms with Gasteiger partial charge in [-0.05, 0) is 24.8 Å². The molecule has 76 valence electrons. The smallest absolute Gasteiger partial charge is 0.162 e. The molecule has 0 aliphatic rings. The number of rotatable bonds is 5. The van der Waals surface area contributed by atoms with Crippen LogP contribution in [-0.4, -0.2) is 17.9 Å². The standard InChI is InChI=1S/C11H13ClOS/c1-14-10-5-2-4-9(8-10)11(13)6-3-7-12/h2,4-5,8H,3,6-7H2,1H3. The average molecular weight is 229 g/mol. The summed E-state index contributed by atoms with van der Waals surface area (Å²) < 4.78 is 0. The summed E-state index contributed by atoms with van der Waals surface area (Å²) in [4.78, 5) is 12.7. The number of ketones is 1. The summed E-state index contributed by atoms with van der Waals surface area (Å²) in [5, 5.41) is 0. The fourth-order valence-electron chi connectivity index (χ4n) is 1.17.